The third-order valence-corrected chi connectivity index (χ3v) is 2.43. The van der Waals surface area contributed by atoms with Crippen molar-refractivity contribution in [3.63, 3.8) is 0 Å². The number of nitrogens with one attached hydrogen (secondary N) is 1. The summed E-state index contributed by atoms with van der Waals surface area (Å²) in [5, 5.41) is 0.271. The van der Waals surface area contributed by atoms with Crippen LogP contribution in [-0.4, -0.2) is 4.98 Å². The van der Waals surface area contributed by atoms with Gasteiger partial charge in [-0.15, -0.1) is 0 Å². The number of halogens is 3. The molecule has 2 aromatic rings. The maximum atomic E-state index is 12.6. The minimum atomic E-state index is -4.53. The number of aromatic amines is 1. The molecule has 1 aromatic carbocycles. The quantitative estimate of drug-likeness (QED) is 0.737. The molecule has 0 unspecified atom stereocenters. The van der Waals surface area contributed by atoms with Gasteiger partial charge in [-0.05, 0) is 19.1 Å². The third kappa shape index (κ3) is 1.58. The highest BCUT2D eigenvalue weighted by atomic mass is 19.4. The highest BCUT2D eigenvalue weighted by Crippen LogP contribution is 2.29. The Balaban J connectivity index is 2.90. The summed E-state index contributed by atoms with van der Waals surface area (Å²) in [6, 6.07) is 6.14. The summed E-state index contributed by atoms with van der Waals surface area (Å²) in [4.78, 5) is 13.9. The van der Waals surface area contributed by atoms with Crippen LogP contribution < -0.4 is 5.43 Å². The number of aromatic nitrogens is 1. The van der Waals surface area contributed by atoms with Crippen LogP contribution in [0, 0.1) is 6.92 Å². The van der Waals surface area contributed by atoms with E-state index in [9.17, 15) is 18.0 Å². The van der Waals surface area contributed by atoms with Crippen molar-refractivity contribution in [3.8, 4) is 0 Å². The maximum Gasteiger partial charge on any atom is 0.431 e. The lowest BCUT2D eigenvalue weighted by Crippen LogP contribution is -2.18. The zero-order valence-corrected chi connectivity index (χ0v) is 8.35. The average molecular weight is 227 g/mol. The van der Waals surface area contributed by atoms with Crippen molar-refractivity contribution in [2.45, 2.75) is 13.1 Å². The monoisotopic (exact) mass is 227 g/mol. The minimum Gasteiger partial charge on any atom is -0.351 e. The molecule has 1 heterocycles. The lowest BCUT2D eigenvalue weighted by molar-refractivity contribution is -0.141. The summed E-state index contributed by atoms with van der Waals surface area (Å²) in [6.45, 7) is 1.17. The van der Waals surface area contributed by atoms with Crippen LogP contribution in [0.25, 0.3) is 10.9 Å². The van der Waals surface area contributed by atoms with Gasteiger partial charge in [0.25, 0.3) is 0 Å². The molecule has 5 heteroatoms. The topological polar surface area (TPSA) is 32.9 Å². The van der Waals surface area contributed by atoms with Gasteiger partial charge in [-0.1, -0.05) is 12.1 Å². The van der Waals surface area contributed by atoms with Crippen molar-refractivity contribution in [2.75, 3.05) is 0 Å². The molecule has 0 radical (unpaired) electrons. The molecule has 0 aliphatic rings. The van der Waals surface area contributed by atoms with E-state index >= 15 is 0 Å². The Hall–Kier alpha value is -1.78. The molecule has 0 fully saturated rings. The van der Waals surface area contributed by atoms with Gasteiger partial charge in [0, 0.05) is 16.5 Å². The van der Waals surface area contributed by atoms with E-state index in [1.807, 2.05) is 0 Å². The molecule has 2 nitrogen and oxygen atoms in total. The molecule has 0 spiro atoms. The standard InChI is InChI=1S/C11H8F3NO/c1-6-9(16)7-4-2-3-5-8(7)15-10(6)11(12,13)14/h2-5H,1H3,(H,15,16). The van der Waals surface area contributed by atoms with Crippen LogP contribution in [0.15, 0.2) is 29.1 Å². The second-order valence-corrected chi connectivity index (χ2v) is 3.50. The van der Waals surface area contributed by atoms with Crippen LogP contribution >= 0.6 is 0 Å². The van der Waals surface area contributed by atoms with Crippen LogP contribution in [0.3, 0.4) is 0 Å². The molecule has 0 aliphatic heterocycles. The first-order valence-corrected chi connectivity index (χ1v) is 4.60. The largest absolute Gasteiger partial charge is 0.431 e. The zero-order valence-electron chi connectivity index (χ0n) is 8.35. The first kappa shape index (κ1) is 10.7. The van der Waals surface area contributed by atoms with Gasteiger partial charge >= 0.3 is 6.18 Å². The first-order chi connectivity index (χ1) is 7.41. The number of pyridine rings is 1. The van der Waals surface area contributed by atoms with E-state index in [0.717, 1.165) is 0 Å². The molecule has 0 bridgehead atoms. The Morgan fingerprint density at radius 3 is 2.44 bits per heavy atom. The van der Waals surface area contributed by atoms with Gasteiger partial charge in [-0.3, -0.25) is 4.79 Å². The number of hydrogen-bond acceptors (Lipinski definition) is 1. The van der Waals surface area contributed by atoms with Gasteiger partial charge in [-0.2, -0.15) is 13.2 Å². The smallest absolute Gasteiger partial charge is 0.351 e. The number of para-hydroxylation sites is 1. The molecule has 0 saturated heterocycles. The highest BCUT2D eigenvalue weighted by Gasteiger charge is 2.34. The SMILES string of the molecule is Cc1c(C(F)(F)F)[nH]c2ccccc2c1=O. The second-order valence-electron chi connectivity index (χ2n) is 3.50. The molecule has 1 N–H and O–H groups in total. The number of alkyl halides is 3. The van der Waals surface area contributed by atoms with Gasteiger partial charge in [0.15, 0.2) is 5.43 Å². The van der Waals surface area contributed by atoms with Gasteiger partial charge in [0.1, 0.15) is 5.69 Å². The molecular formula is C11H8F3NO. The normalized spacial score (nSPS) is 12.0. The van der Waals surface area contributed by atoms with Gasteiger partial charge in [-0.25, -0.2) is 0 Å². The molecule has 0 aliphatic carbocycles. The van der Waals surface area contributed by atoms with Gasteiger partial charge in [0.05, 0.1) is 0 Å². The average Bonchev–Trinajstić information content (AvgIpc) is 2.22. The maximum absolute atomic E-state index is 12.6. The Kier molecular flexibility index (Phi) is 2.26. The van der Waals surface area contributed by atoms with Crippen LogP contribution in [0.1, 0.15) is 11.3 Å². The first-order valence-electron chi connectivity index (χ1n) is 4.60. The number of hydrogen-bond donors (Lipinski definition) is 1. The fraction of sp³-hybridized carbons (Fsp3) is 0.182. The van der Waals surface area contributed by atoms with Crippen molar-refractivity contribution in [1.82, 2.24) is 4.98 Å². The van der Waals surface area contributed by atoms with Crippen LogP contribution in [0.2, 0.25) is 0 Å². The van der Waals surface area contributed by atoms with Crippen molar-refractivity contribution >= 4 is 10.9 Å². The summed E-state index contributed by atoms with van der Waals surface area (Å²) in [6.07, 6.45) is -4.53. The molecule has 0 amide bonds. The predicted octanol–water partition coefficient (Wildman–Crippen LogP) is 2.86. The predicted molar refractivity (Wildman–Crippen MR) is 54.3 cm³/mol. The van der Waals surface area contributed by atoms with E-state index in [0.29, 0.717) is 0 Å². The summed E-state index contributed by atoms with van der Waals surface area (Å²) in [5.41, 5.74) is -1.66. The van der Waals surface area contributed by atoms with Crippen LogP contribution in [-0.2, 0) is 6.18 Å². The molecule has 0 saturated carbocycles. The molecule has 16 heavy (non-hydrogen) atoms. The number of rotatable bonds is 0. The molecule has 0 atom stereocenters. The molecule has 84 valence electrons. The lowest BCUT2D eigenvalue weighted by Gasteiger charge is -2.11. The second kappa shape index (κ2) is 3.37. The lowest BCUT2D eigenvalue weighted by atomic mass is 10.1. The number of H-pyrrole nitrogens is 1. The van der Waals surface area contributed by atoms with E-state index in [1.54, 1.807) is 12.1 Å². The summed E-state index contributed by atoms with van der Waals surface area (Å²) in [7, 11) is 0. The van der Waals surface area contributed by atoms with E-state index < -0.39 is 17.3 Å². The molecule has 1 aromatic heterocycles. The third-order valence-electron chi connectivity index (χ3n) is 2.43. The number of fused-ring (bicyclic) bond motifs is 1. The summed E-state index contributed by atoms with van der Waals surface area (Å²) in [5.74, 6) is 0. The Bertz CT molecular complexity index is 598. The number of benzene rings is 1. The molecular weight excluding hydrogens is 219 g/mol. The van der Waals surface area contributed by atoms with Crippen molar-refractivity contribution < 1.29 is 13.2 Å². The fourth-order valence-electron chi connectivity index (χ4n) is 1.62. The van der Waals surface area contributed by atoms with Crippen molar-refractivity contribution in [1.29, 1.82) is 0 Å². The Morgan fingerprint density at radius 1 is 1.19 bits per heavy atom. The van der Waals surface area contributed by atoms with E-state index in [2.05, 4.69) is 4.98 Å². The summed E-state index contributed by atoms with van der Waals surface area (Å²) >= 11 is 0. The highest BCUT2D eigenvalue weighted by molar-refractivity contribution is 5.79. The minimum absolute atomic E-state index is 0.199. The zero-order chi connectivity index (χ0) is 11.9. The van der Waals surface area contributed by atoms with E-state index in [1.165, 1.54) is 19.1 Å². The molecule has 2 rings (SSSR count). The van der Waals surface area contributed by atoms with Crippen LogP contribution in [0.4, 0.5) is 13.2 Å². The summed E-state index contributed by atoms with van der Waals surface area (Å²) < 4.78 is 37.8. The van der Waals surface area contributed by atoms with Crippen molar-refractivity contribution in [2.24, 2.45) is 0 Å². The fourth-order valence-corrected chi connectivity index (χ4v) is 1.62. The van der Waals surface area contributed by atoms with Crippen LogP contribution in [0.5, 0.6) is 0 Å². The van der Waals surface area contributed by atoms with Gasteiger partial charge in [0.2, 0.25) is 0 Å². The Morgan fingerprint density at radius 2 is 1.81 bits per heavy atom. The van der Waals surface area contributed by atoms with E-state index in [4.69, 9.17) is 0 Å². The van der Waals surface area contributed by atoms with E-state index in [-0.39, 0.29) is 16.5 Å². The Labute approximate surface area is 88.7 Å². The van der Waals surface area contributed by atoms with Crippen molar-refractivity contribution in [3.05, 3.63) is 45.7 Å². The van der Waals surface area contributed by atoms with Gasteiger partial charge < -0.3 is 4.98 Å².